The van der Waals surface area contributed by atoms with E-state index in [9.17, 15) is 10.1 Å². The van der Waals surface area contributed by atoms with Gasteiger partial charge in [0.15, 0.2) is 0 Å². The van der Waals surface area contributed by atoms with E-state index in [4.69, 9.17) is 16.3 Å². The number of nitrogens with one attached hydrogen (secondary N) is 1. The zero-order valence-electron chi connectivity index (χ0n) is 11.5. The van der Waals surface area contributed by atoms with E-state index in [0.717, 1.165) is 11.3 Å². The predicted octanol–water partition coefficient (Wildman–Crippen LogP) is 4.01. The number of nitrogens with zero attached hydrogens (tertiary/aromatic N) is 1. The van der Waals surface area contributed by atoms with Crippen LogP contribution in [0.25, 0.3) is 0 Å². The van der Waals surface area contributed by atoms with Gasteiger partial charge >= 0.3 is 0 Å². The molecule has 110 valence electrons. The monoisotopic (exact) mass is 306 g/mol. The summed E-state index contributed by atoms with van der Waals surface area (Å²) in [4.78, 5) is 10.6. The van der Waals surface area contributed by atoms with Crippen molar-refractivity contribution in [2.24, 2.45) is 0 Å². The van der Waals surface area contributed by atoms with Gasteiger partial charge in [0, 0.05) is 31.0 Å². The van der Waals surface area contributed by atoms with E-state index >= 15 is 0 Å². The lowest BCUT2D eigenvalue weighted by atomic mass is 10.1. The largest absolute Gasteiger partial charge is 0.380 e. The van der Waals surface area contributed by atoms with Gasteiger partial charge in [-0.3, -0.25) is 10.1 Å². The average molecular weight is 307 g/mol. The van der Waals surface area contributed by atoms with Crippen molar-refractivity contribution in [3.63, 3.8) is 0 Å². The summed E-state index contributed by atoms with van der Waals surface area (Å²) in [5, 5.41) is 14.6. The fourth-order valence-electron chi connectivity index (χ4n) is 2.05. The molecule has 0 aliphatic carbocycles. The van der Waals surface area contributed by atoms with E-state index in [1.807, 2.05) is 24.3 Å². The maximum absolute atomic E-state index is 11.1. The average Bonchev–Trinajstić information content (AvgIpc) is 2.47. The van der Waals surface area contributed by atoms with Gasteiger partial charge in [0.1, 0.15) is 0 Å². The highest BCUT2D eigenvalue weighted by molar-refractivity contribution is 6.31. The molecular weight excluding hydrogens is 292 g/mol. The Morgan fingerprint density at radius 2 is 2.00 bits per heavy atom. The number of nitro groups is 1. The summed E-state index contributed by atoms with van der Waals surface area (Å²) >= 11 is 6.07. The summed E-state index contributed by atoms with van der Waals surface area (Å²) in [6.07, 6.45) is 0. The molecule has 21 heavy (non-hydrogen) atoms. The highest BCUT2D eigenvalue weighted by Gasteiger charge is 2.16. The second-order valence-corrected chi connectivity index (χ2v) is 4.85. The lowest BCUT2D eigenvalue weighted by Crippen LogP contribution is -2.06. The SMILES string of the molecule is COCc1ccccc1NCc1c(Cl)cccc1[N+](=O)[O-]. The van der Waals surface area contributed by atoms with Crippen LogP contribution in [0.3, 0.4) is 0 Å². The Bertz CT molecular complexity index is 647. The molecule has 0 aliphatic rings. The maximum atomic E-state index is 11.1. The van der Waals surface area contributed by atoms with Crippen molar-refractivity contribution < 1.29 is 9.66 Å². The van der Waals surface area contributed by atoms with Crippen molar-refractivity contribution in [2.45, 2.75) is 13.2 Å². The number of anilines is 1. The third-order valence-corrected chi connectivity index (χ3v) is 3.42. The van der Waals surface area contributed by atoms with Gasteiger partial charge in [-0.2, -0.15) is 0 Å². The molecular formula is C15H15ClN2O3. The van der Waals surface area contributed by atoms with Crippen molar-refractivity contribution in [3.05, 3.63) is 68.7 Å². The Balaban J connectivity index is 2.23. The first-order chi connectivity index (χ1) is 10.1. The third-order valence-electron chi connectivity index (χ3n) is 3.06. The highest BCUT2D eigenvalue weighted by Crippen LogP contribution is 2.27. The van der Waals surface area contributed by atoms with Crippen LogP contribution in [0.15, 0.2) is 42.5 Å². The smallest absolute Gasteiger partial charge is 0.275 e. The van der Waals surface area contributed by atoms with E-state index in [1.165, 1.54) is 6.07 Å². The molecule has 0 radical (unpaired) electrons. The Morgan fingerprint density at radius 3 is 2.71 bits per heavy atom. The minimum absolute atomic E-state index is 0.0132. The first kappa shape index (κ1) is 15.3. The predicted molar refractivity (Wildman–Crippen MR) is 82.6 cm³/mol. The van der Waals surface area contributed by atoms with Gasteiger partial charge < -0.3 is 10.1 Å². The van der Waals surface area contributed by atoms with Crippen LogP contribution in [0.2, 0.25) is 5.02 Å². The number of halogens is 1. The van der Waals surface area contributed by atoms with Gasteiger partial charge in [-0.05, 0) is 12.1 Å². The van der Waals surface area contributed by atoms with Crippen LogP contribution in [0.4, 0.5) is 11.4 Å². The fraction of sp³-hybridized carbons (Fsp3) is 0.200. The topological polar surface area (TPSA) is 64.4 Å². The minimum Gasteiger partial charge on any atom is -0.380 e. The molecule has 0 bridgehead atoms. The van der Waals surface area contributed by atoms with E-state index in [2.05, 4.69) is 5.32 Å². The standard InChI is InChI=1S/C15H15ClN2O3/c1-21-10-11-5-2-3-7-14(11)17-9-12-13(16)6-4-8-15(12)18(19)20/h2-8,17H,9-10H2,1H3. The number of hydrogen-bond acceptors (Lipinski definition) is 4. The zero-order chi connectivity index (χ0) is 15.2. The minimum atomic E-state index is -0.427. The van der Waals surface area contributed by atoms with Crippen LogP contribution >= 0.6 is 11.6 Å². The molecule has 0 aliphatic heterocycles. The number of ether oxygens (including phenoxy) is 1. The molecule has 0 atom stereocenters. The first-order valence-electron chi connectivity index (χ1n) is 6.36. The number of benzene rings is 2. The van der Waals surface area contributed by atoms with Crippen LogP contribution in [0.1, 0.15) is 11.1 Å². The molecule has 0 saturated carbocycles. The van der Waals surface area contributed by atoms with Crippen molar-refractivity contribution in [1.82, 2.24) is 0 Å². The molecule has 2 rings (SSSR count). The molecule has 0 heterocycles. The van der Waals surface area contributed by atoms with Crippen LogP contribution < -0.4 is 5.32 Å². The molecule has 2 aromatic carbocycles. The van der Waals surface area contributed by atoms with E-state index in [0.29, 0.717) is 17.2 Å². The molecule has 0 aromatic heterocycles. The van der Waals surface area contributed by atoms with Gasteiger partial charge in [0.2, 0.25) is 0 Å². The maximum Gasteiger partial charge on any atom is 0.275 e. The summed E-state index contributed by atoms with van der Waals surface area (Å²) in [5.74, 6) is 0. The van der Waals surface area contributed by atoms with Crippen LogP contribution in [0, 0.1) is 10.1 Å². The van der Waals surface area contributed by atoms with Gasteiger partial charge in [-0.25, -0.2) is 0 Å². The molecule has 0 saturated heterocycles. The molecule has 2 aromatic rings. The second kappa shape index (κ2) is 7.06. The molecule has 5 nitrogen and oxygen atoms in total. The lowest BCUT2D eigenvalue weighted by Gasteiger charge is -2.12. The summed E-state index contributed by atoms with van der Waals surface area (Å²) in [7, 11) is 1.62. The van der Waals surface area contributed by atoms with Crippen LogP contribution in [0.5, 0.6) is 0 Å². The molecule has 6 heteroatoms. The molecule has 0 amide bonds. The highest BCUT2D eigenvalue weighted by atomic mass is 35.5. The second-order valence-electron chi connectivity index (χ2n) is 4.44. The van der Waals surface area contributed by atoms with Crippen molar-refractivity contribution in [3.8, 4) is 0 Å². The quantitative estimate of drug-likeness (QED) is 0.647. The number of methoxy groups -OCH3 is 1. The zero-order valence-corrected chi connectivity index (χ0v) is 12.3. The fourth-order valence-corrected chi connectivity index (χ4v) is 2.29. The van der Waals surface area contributed by atoms with Gasteiger partial charge in [0.05, 0.1) is 22.1 Å². The molecule has 0 unspecified atom stereocenters. The van der Waals surface area contributed by atoms with E-state index in [-0.39, 0.29) is 12.2 Å². The molecule has 1 N–H and O–H groups in total. The summed E-state index contributed by atoms with van der Waals surface area (Å²) in [6.45, 7) is 0.741. The summed E-state index contributed by atoms with van der Waals surface area (Å²) in [5.41, 5.74) is 2.33. The van der Waals surface area contributed by atoms with Gasteiger partial charge in [0.25, 0.3) is 5.69 Å². The van der Waals surface area contributed by atoms with Crippen molar-refractivity contribution in [1.29, 1.82) is 0 Å². The number of nitro benzene ring substituents is 1. The summed E-state index contributed by atoms with van der Waals surface area (Å²) < 4.78 is 5.13. The van der Waals surface area contributed by atoms with Crippen molar-refractivity contribution in [2.75, 3.05) is 12.4 Å². The number of para-hydroxylation sites is 1. The van der Waals surface area contributed by atoms with Gasteiger partial charge in [-0.1, -0.05) is 35.9 Å². The molecule has 0 fully saturated rings. The Labute approximate surface area is 127 Å². The number of hydrogen-bond donors (Lipinski definition) is 1. The van der Waals surface area contributed by atoms with Gasteiger partial charge in [-0.15, -0.1) is 0 Å². The Kier molecular flexibility index (Phi) is 5.14. The van der Waals surface area contributed by atoms with E-state index in [1.54, 1.807) is 19.2 Å². The lowest BCUT2D eigenvalue weighted by molar-refractivity contribution is -0.385. The Morgan fingerprint density at radius 1 is 1.24 bits per heavy atom. The number of rotatable bonds is 6. The van der Waals surface area contributed by atoms with Crippen molar-refractivity contribution >= 4 is 23.0 Å². The van der Waals surface area contributed by atoms with Crippen LogP contribution in [-0.4, -0.2) is 12.0 Å². The first-order valence-corrected chi connectivity index (χ1v) is 6.73. The van der Waals surface area contributed by atoms with E-state index < -0.39 is 4.92 Å². The molecule has 0 spiro atoms. The third kappa shape index (κ3) is 3.71. The normalized spacial score (nSPS) is 10.4. The Hall–Kier alpha value is -2.11. The van der Waals surface area contributed by atoms with Crippen LogP contribution in [-0.2, 0) is 17.9 Å². The summed E-state index contributed by atoms with van der Waals surface area (Å²) in [6, 6.07) is 12.3.